The molecule has 0 bridgehead atoms. The zero-order chi connectivity index (χ0) is 16.3. The van der Waals surface area contributed by atoms with Gasteiger partial charge in [0, 0.05) is 11.1 Å². The molecule has 0 fully saturated rings. The largest absolute Gasteiger partial charge is 0.304 e. The molecule has 4 nitrogen and oxygen atoms in total. The van der Waals surface area contributed by atoms with E-state index >= 15 is 0 Å². The lowest BCUT2D eigenvalue weighted by Crippen LogP contribution is -2.42. The van der Waals surface area contributed by atoms with E-state index in [9.17, 15) is 13.2 Å². The van der Waals surface area contributed by atoms with Crippen LogP contribution < -0.4 is 4.90 Å². The number of rotatable bonds is 4. The van der Waals surface area contributed by atoms with Crippen LogP contribution in [0.1, 0.15) is 5.56 Å². The van der Waals surface area contributed by atoms with Crippen molar-refractivity contribution >= 4 is 21.4 Å². The minimum absolute atomic E-state index is 0.0670. The lowest BCUT2D eigenvalue weighted by molar-refractivity contribution is -0.118. The van der Waals surface area contributed by atoms with Gasteiger partial charge in [-0.25, -0.2) is 8.42 Å². The Morgan fingerprint density at radius 2 is 1.61 bits per heavy atom. The highest BCUT2D eigenvalue weighted by Gasteiger charge is 2.31. The number of benzene rings is 2. The Labute approximate surface area is 136 Å². The van der Waals surface area contributed by atoms with E-state index in [0.29, 0.717) is 5.69 Å². The summed E-state index contributed by atoms with van der Waals surface area (Å²) in [5.41, 5.74) is 1.61. The second kappa shape index (κ2) is 6.38. The molecule has 2 aromatic rings. The van der Waals surface area contributed by atoms with Gasteiger partial charge in [-0.05, 0) is 23.8 Å². The Hall–Kier alpha value is -2.40. The van der Waals surface area contributed by atoms with Gasteiger partial charge in [0.05, 0.1) is 18.2 Å². The van der Waals surface area contributed by atoms with Crippen molar-refractivity contribution in [1.29, 1.82) is 0 Å². The Kier molecular flexibility index (Phi) is 4.30. The van der Waals surface area contributed by atoms with Crippen molar-refractivity contribution in [3.8, 4) is 0 Å². The van der Waals surface area contributed by atoms with E-state index in [2.05, 4.69) is 0 Å². The van der Waals surface area contributed by atoms with Crippen LogP contribution in [-0.4, -0.2) is 26.1 Å². The number of para-hydroxylation sites is 1. The maximum absolute atomic E-state index is 12.8. The Morgan fingerprint density at radius 1 is 1.00 bits per heavy atom. The van der Waals surface area contributed by atoms with Gasteiger partial charge < -0.3 is 4.90 Å². The van der Waals surface area contributed by atoms with Crippen molar-refractivity contribution in [2.45, 2.75) is 12.5 Å². The number of anilines is 1. The molecule has 1 aliphatic heterocycles. The van der Waals surface area contributed by atoms with E-state index in [-0.39, 0.29) is 18.1 Å². The monoisotopic (exact) mass is 327 g/mol. The standard InChI is InChI=1S/C18H17NO3S/c20-18(13-15-7-3-1-4-8-15)19(16-9-5-2-6-10-16)17-11-12-23(21,22)14-17/h1-12,17H,13-14H2/t17-/m1/s1. The molecule has 1 aliphatic rings. The number of carbonyl (C=O) groups excluding carboxylic acids is 1. The first-order valence-electron chi connectivity index (χ1n) is 7.37. The minimum atomic E-state index is -3.23. The molecule has 0 radical (unpaired) electrons. The molecule has 5 heteroatoms. The molecule has 2 aromatic carbocycles. The third-order valence-corrected chi connectivity index (χ3v) is 5.12. The smallest absolute Gasteiger partial charge is 0.231 e. The van der Waals surface area contributed by atoms with Gasteiger partial charge in [-0.3, -0.25) is 4.79 Å². The maximum Gasteiger partial charge on any atom is 0.231 e. The van der Waals surface area contributed by atoms with Crippen LogP contribution in [0, 0.1) is 0 Å². The lowest BCUT2D eigenvalue weighted by Gasteiger charge is -2.27. The fraction of sp³-hybridized carbons (Fsp3) is 0.167. The fourth-order valence-corrected chi connectivity index (χ4v) is 3.95. The molecule has 0 saturated heterocycles. The summed E-state index contributed by atoms with van der Waals surface area (Å²) in [6.45, 7) is 0. The van der Waals surface area contributed by atoms with E-state index in [1.54, 1.807) is 11.0 Å². The third kappa shape index (κ3) is 3.68. The number of nitrogens with zero attached hydrogens (tertiary/aromatic N) is 1. The normalized spacial score (nSPS) is 18.7. The second-order valence-electron chi connectivity index (χ2n) is 5.49. The van der Waals surface area contributed by atoms with Crippen LogP contribution in [0.15, 0.2) is 72.1 Å². The molecular formula is C18H17NO3S. The number of sulfone groups is 1. The van der Waals surface area contributed by atoms with E-state index in [1.165, 1.54) is 5.41 Å². The SMILES string of the molecule is O=C(Cc1ccccc1)N(c1ccccc1)[C@@H]1C=CS(=O)(=O)C1. The van der Waals surface area contributed by atoms with Gasteiger partial charge >= 0.3 is 0 Å². The second-order valence-corrected chi connectivity index (χ2v) is 7.42. The van der Waals surface area contributed by atoms with Gasteiger partial charge in [-0.1, -0.05) is 48.5 Å². The fourth-order valence-electron chi connectivity index (χ4n) is 2.68. The first-order valence-corrected chi connectivity index (χ1v) is 9.09. The van der Waals surface area contributed by atoms with Gasteiger partial charge in [0.15, 0.2) is 9.84 Å². The summed E-state index contributed by atoms with van der Waals surface area (Å²) in [5, 5.41) is 1.20. The number of hydrogen-bond acceptors (Lipinski definition) is 3. The Balaban J connectivity index is 1.90. The van der Waals surface area contributed by atoms with Crippen molar-refractivity contribution in [2.24, 2.45) is 0 Å². The van der Waals surface area contributed by atoms with Crippen molar-refractivity contribution in [1.82, 2.24) is 0 Å². The van der Waals surface area contributed by atoms with Gasteiger partial charge in [-0.15, -0.1) is 0 Å². The summed E-state index contributed by atoms with van der Waals surface area (Å²) < 4.78 is 23.5. The van der Waals surface area contributed by atoms with Crippen molar-refractivity contribution in [3.05, 3.63) is 77.7 Å². The number of carbonyl (C=O) groups is 1. The molecular weight excluding hydrogens is 310 g/mol. The summed E-state index contributed by atoms with van der Waals surface area (Å²) in [6.07, 6.45) is 1.82. The zero-order valence-corrected chi connectivity index (χ0v) is 13.3. The first kappa shape index (κ1) is 15.5. The highest BCUT2D eigenvalue weighted by atomic mass is 32.2. The van der Waals surface area contributed by atoms with Gasteiger partial charge in [0.1, 0.15) is 0 Å². The van der Waals surface area contributed by atoms with Crippen LogP contribution in [0.3, 0.4) is 0 Å². The van der Waals surface area contributed by atoms with Crippen molar-refractivity contribution < 1.29 is 13.2 Å². The Morgan fingerprint density at radius 3 is 2.17 bits per heavy atom. The predicted octanol–water partition coefficient (Wildman–Crippen LogP) is 2.57. The summed E-state index contributed by atoms with van der Waals surface area (Å²) >= 11 is 0. The summed E-state index contributed by atoms with van der Waals surface area (Å²) in [6, 6.07) is 18.2. The number of hydrogen-bond donors (Lipinski definition) is 0. The molecule has 0 saturated carbocycles. The summed E-state index contributed by atoms with van der Waals surface area (Å²) in [5.74, 6) is -0.184. The predicted molar refractivity (Wildman–Crippen MR) is 90.8 cm³/mol. The lowest BCUT2D eigenvalue weighted by atomic mass is 10.1. The summed E-state index contributed by atoms with van der Waals surface area (Å²) in [7, 11) is -3.23. The number of amides is 1. The highest BCUT2D eigenvalue weighted by Crippen LogP contribution is 2.23. The Bertz CT molecular complexity index is 814. The van der Waals surface area contributed by atoms with Gasteiger partial charge in [0.25, 0.3) is 0 Å². The zero-order valence-electron chi connectivity index (χ0n) is 12.5. The molecule has 0 spiro atoms. The molecule has 0 aliphatic carbocycles. The van der Waals surface area contributed by atoms with Crippen molar-refractivity contribution in [3.63, 3.8) is 0 Å². The molecule has 0 unspecified atom stereocenters. The van der Waals surface area contributed by atoms with E-state index < -0.39 is 15.9 Å². The third-order valence-electron chi connectivity index (χ3n) is 3.74. The maximum atomic E-state index is 12.8. The highest BCUT2D eigenvalue weighted by molar-refractivity contribution is 7.94. The average molecular weight is 327 g/mol. The summed E-state index contributed by atoms with van der Waals surface area (Å²) in [4.78, 5) is 14.4. The molecule has 0 N–H and O–H groups in total. The van der Waals surface area contributed by atoms with E-state index in [0.717, 1.165) is 5.56 Å². The quantitative estimate of drug-likeness (QED) is 0.867. The molecule has 118 valence electrons. The topological polar surface area (TPSA) is 54.5 Å². The van der Waals surface area contributed by atoms with Crippen LogP contribution in [0.5, 0.6) is 0 Å². The van der Waals surface area contributed by atoms with Crippen LogP contribution in [-0.2, 0) is 21.1 Å². The molecule has 3 rings (SSSR count). The van der Waals surface area contributed by atoms with Crippen LogP contribution in [0.25, 0.3) is 0 Å². The molecule has 1 amide bonds. The average Bonchev–Trinajstić information content (AvgIpc) is 2.89. The molecule has 23 heavy (non-hydrogen) atoms. The first-order chi connectivity index (χ1) is 11.1. The van der Waals surface area contributed by atoms with Crippen LogP contribution in [0.2, 0.25) is 0 Å². The molecule has 0 aromatic heterocycles. The van der Waals surface area contributed by atoms with E-state index in [1.807, 2.05) is 60.7 Å². The minimum Gasteiger partial charge on any atom is -0.304 e. The molecule has 1 heterocycles. The van der Waals surface area contributed by atoms with Gasteiger partial charge in [0.2, 0.25) is 5.91 Å². The van der Waals surface area contributed by atoms with Gasteiger partial charge in [-0.2, -0.15) is 0 Å². The van der Waals surface area contributed by atoms with Crippen molar-refractivity contribution in [2.75, 3.05) is 10.7 Å². The van der Waals surface area contributed by atoms with Crippen LogP contribution >= 0.6 is 0 Å². The molecule has 1 atom stereocenters. The van der Waals surface area contributed by atoms with Crippen LogP contribution in [0.4, 0.5) is 5.69 Å². The van der Waals surface area contributed by atoms with E-state index in [4.69, 9.17) is 0 Å².